The van der Waals surface area contributed by atoms with E-state index in [1.165, 1.54) is 25.1 Å². The third kappa shape index (κ3) is 4.08. The highest BCUT2D eigenvalue weighted by Gasteiger charge is 2.29. The van der Waals surface area contributed by atoms with E-state index in [9.17, 15) is 14.0 Å². The number of thiophene rings is 1. The number of rotatable bonds is 4. The first-order valence-electron chi connectivity index (χ1n) is 9.33. The topological polar surface area (TPSA) is 75.6 Å². The first-order chi connectivity index (χ1) is 14.4. The molecule has 1 atom stereocenters. The molecule has 1 unspecified atom stereocenters. The summed E-state index contributed by atoms with van der Waals surface area (Å²) in [5.41, 5.74) is 0. The highest BCUT2D eigenvalue weighted by molar-refractivity contribution is 7.21. The number of halogens is 2. The molecule has 1 saturated heterocycles. The average Bonchev–Trinajstić information content (AvgIpc) is 3.09. The smallest absolute Gasteiger partial charge is 0.350 e. The second-order valence-electron chi connectivity index (χ2n) is 6.79. The van der Waals surface area contributed by atoms with Crippen LogP contribution in [0.5, 0.6) is 0 Å². The molecule has 2 aromatic heterocycles. The summed E-state index contributed by atoms with van der Waals surface area (Å²) in [5.74, 6) is -0.761. The average molecular weight is 449 g/mol. The molecular weight excluding hydrogens is 431 g/mol. The number of piperazine rings is 1. The van der Waals surface area contributed by atoms with E-state index in [-0.39, 0.29) is 15.8 Å². The molecule has 1 aliphatic rings. The molecule has 0 radical (unpaired) electrons. The fraction of sp³-hybridized carbons (Fsp3) is 0.300. The van der Waals surface area contributed by atoms with Crippen molar-refractivity contribution in [2.75, 3.05) is 31.1 Å². The summed E-state index contributed by atoms with van der Waals surface area (Å²) in [4.78, 5) is 37.5. The Morgan fingerprint density at radius 1 is 1.20 bits per heavy atom. The van der Waals surface area contributed by atoms with Gasteiger partial charge in [0.15, 0.2) is 6.10 Å². The monoisotopic (exact) mass is 448 g/mol. The second kappa shape index (κ2) is 8.53. The molecule has 1 amide bonds. The van der Waals surface area contributed by atoms with Gasteiger partial charge in [-0.1, -0.05) is 11.6 Å². The summed E-state index contributed by atoms with van der Waals surface area (Å²) in [6, 6.07) is 5.86. The Labute approximate surface area is 181 Å². The zero-order valence-corrected chi connectivity index (χ0v) is 17.6. The van der Waals surface area contributed by atoms with Gasteiger partial charge in [-0.3, -0.25) is 4.79 Å². The Bertz CT molecular complexity index is 1090. The molecule has 0 N–H and O–H groups in total. The van der Waals surface area contributed by atoms with Crippen LogP contribution in [0.25, 0.3) is 10.1 Å². The van der Waals surface area contributed by atoms with E-state index in [2.05, 4.69) is 9.97 Å². The Hall–Kier alpha value is -2.78. The van der Waals surface area contributed by atoms with E-state index in [0.29, 0.717) is 42.2 Å². The van der Waals surface area contributed by atoms with Crippen molar-refractivity contribution in [2.24, 2.45) is 0 Å². The number of carbonyl (C=O) groups is 2. The normalized spacial score (nSPS) is 15.3. The van der Waals surface area contributed by atoms with Crippen molar-refractivity contribution in [3.8, 4) is 0 Å². The molecule has 0 aliphatic carbocycles. The summed E-state index contributed by atoms with van der Waals surface area (Å²) < 4.78 is 19.3. The molecule has 3 aromatic rings. The number of hydrogen-bond donors (Lipinski definition) is 0. The van der Waals surface area contributed by atoms with E-state index >= 15 is 0 Å². The predicted molar refractivity (Wildman–Crippen MR) is 112 cm³/mol. The van der Waals surface area contributed by atoms with E-state index in [4.69, 9.17) is 16.3 Å². The minimum absolute atomic E-state index is 0.156. The lowest BCUT2D eigenvalue weighted by Crippen LogP contribution is -2.52. The molecule has 0 bridgehead atoms. The maximum atomic E-state index is 13.4. The molecule has 0 saturated carbocycles. The zero-order valence-electron chi connectivity index (χ0n) is 16.0. The molecule has 1 aliphatic heterocycles. The minimum Gasteiger partial charge on any atom is -0.448 e. The number of anilines is 1. The van der Waals surface area contributed by atoms with E-state index in [0.717, 1.165) is 11.3 Å². The van der Waals surface area contributed by atoms with Crippen LogP contribution in [0.3, 0.4) is 0 Å². The number of ether oxygens (including phenoxy) is 1. The summed E-state index contributed by atoms with van der Waals surface area (Å²) in [6.45, 7) is 3.66. The molecule has 4 rings (SSSR count). The standard InChI is InChI=1S/C20H18ClFN4O3S/c1-12(18(27)25-7-9-26(10-8-25)20-23-5-2-6-24-20)29-19(28)17-16(21)14-4-3-13(22)11-15(14)30-17/h2-6,11-12H,7-10H2,1H3. The van der Waals surface area contributed by atoms with Crippen molar-refractivity contribution >= 4 is 50.8 Å². The Morgan fingerprint density at radius 2 is 1.90 bits per heavy atom. The number of benzene rings is 1. The third-order valence-corrected chi connectivity index (χ3v) is 6.47. The van der Waals surface area contributed by atoms with E-state index in [1.807, 2.05) is 4.90 Å². The predicted octanol–water partition coefficient (Wildman–Crippen LogP) is 3.38. The van der Waals surface area contributed by atoms with Crippen molar-refractivity contribution in [1.29, 1.82) is 0 Å². The number of carbonyl (C=O) groups excluding carboxylic acids is 2. The van der Waals surface area contributed by atoms with Gasteiger partial charge in [-0.05, 0) is 31.2 Å². The summed E-state index contributed by atoms with van der Waals surface area (Å²) in [7, 11) is 0. The van der Waals surface area contributed by atoms with Crippen LogP contribution in [0.4, 0.5) is 10.3 Å². The largest absolute Gasteiger partial charge is 0.448 e. The number of fused-ring (bicyclic) bond motifs is 1. The van der Waals surface area contributed by atoms with E-state index < -0.39 is 17.9 Å². The van der Waals surface area contributed by atoms with Gasteiger partial charge in [0.2, 0.25) is 5.95 Å². The summed E-state index contributed by atoms with van der Waals surface area (Å²) >= 11 is 7.31. The number of hydrogen-bond acceptors (Lipinski definition) is 7. The zero-order chi connectivity index (χ0) is 21.3. The Kier molecular flexibility index (Phi) is 5.83. The lowest BCUT2D eigenvalue weighted by Gasteiger charge is -2.35. The quantitative estimate of drug-likeness (QED) is 0.569. The maximum Gasteiger partial charge on any atom is 0.350 e. The van der Waals surface area contributed by atoms with Crippen LogP contribution in [0.2, 0.25) is 5.02 Å². The van der Waals surface area contributed by atoms with Gasteiger partial charge in [0.05, 0.1) is 5.02 Å². The Balaban J connectivity index is 1.38. The maximum absolute atomic E-state index is 13.4. The molecule has 7 nitrogen and oxygen atoms in total. The van der Waals surface area contributed by atoms with Crippen molar-refractivity contribution in [2.45, 2.75) is 13.0 Å². The first-order valence-corrected chi connectivity index (χ1v) is 10.5. The minimum atomic E-state index is -0.963. The molecule has 30 heavy (non-hydrogen) atoms. The molecule has 10 heteroatoms. The lowest BCUT2D eigenvalue weighted by atomic mass is 10.2. The van der Waals surface area contributed by atoms with Crippen LogP contribution in [0.15, 0.2) is 36.7 Å². The van der Waals surface area contributed by atoms with Gasteiger partial charge in [0.25, 0.3) is 5.91 Å². The van der Waals surface area contributed by atoms with E-state index in [1.54, 1.807) is 23.4 Å². The van der Waals surface area contributed by atoms with Crippen LogP contribution in [0, 0.1) is 5.82 Å². The van der Waals surface area contributed by atoms with Gasteiger partial charge in [-0.25, -0.2) is 19.2 Å². The first kappa shape index (κ1) is 20.5. The molecule has 0 spiro atoms. The highest BCUT2D eigenvalue weighted by Crippen LogP contribution is 2.36. The van der Waals surface area contributed by atoms with Gasteiger partial charge >= 0.3 is 5.97 Å². The van der Waals surface area contributed by atoms with Crippen LogP contribution in [-0.2, 0) is 9.53 Å². The number of esters is 1. The van der Waals surface area contributed by atoms with Crippen molar-refractivity contribution < 1.29 is 18.7 Å². The molecule has 1 aromatic carbocycles. The van der Waals surface area contributed by atoms with Gasteiger partial charge in [-0.15, -0.1) is 11.3 Å². The van der Waals surface area contributed by atoms with Gasteiger partial charge in [-0.2, -0.15) is 0 Å². The van der Waals surface area contributed by atoms with Crippen LogP contribution in [-0.4, -0.2) is 59.0 Å². The molecule has 1 fully saturated rings. The molecular formula is C20H18ClFN4O3S. The molecule has 3 heterocycles. The van der Waals surface area contributed by atoms with Crippen molar-refractivity contribution in [1.82, 2.24) is 14.9 Å². The Morgan fingerprint density at radius 3 is 2.60 bits per heavy atom. The van der Waals surface area contributed by atoms with Crippen molar-refractivity contribution in [3.05, 3.63) is 52.4 Å². The second-order valence-corrected chi connectivity index (χ2v) is 8.22. The van der Waals surface area contributed by atoms with Gasteiger partial charge in [0.1, 0.15) is 10.7 Å². The number of nitrogens with zero attached hydrogens (tertiary/aromatic N) is 4. The highest BCUT2D eigenvalue weighted by atomic mass is 35.5. The third-order valence-electron chi connectivity index (χ3n) is 4.83. The number of amides is 1. The summed E-state index contributed by atoms with van der Waals surface area (Å²) in [5, 5.41) is 0.782. The SMILES string of the molecule is CC(OC(=O)c1sc2cc(F)ccc2c1Cl)C(=O)N1CCN(c2ncccn2)CC1. The summed E-state index contributed by atoms with van der Waals surface area (Å²) in [6.07, 6.45) is 2.39. The van der Waals surface area contributed by atoms with Crippen LogP contribution < -0.4 is 4.90 Å². The lowest BCUT2D eigenvalue weighted by molar-refractivity contribution is -0.140. The fourth-order valence-electron chi connectivity index (χ4n) is 3.27. The molecule has 156 valence electrons. The van der Waals surface area contributed by atoms with Crippen LogP contribution >= 0.6 is 22.9 Å². The van der Waals surface area contributed by atoms with Gasteiger partial charge < -0.3 is 14.5 Å². The van der Waals surface area contributed by atoms with Crippen LogP contribution in [0.1, 0.15) is 16.6 Å². The fourth-order valence-corrected chi connectivity index (χ4v) is 4.69. The van der Waals surface area contributed by atoms with Crippen molar-refractivity contribution in [3.63, 3.8) is 0 Å². The van der Waals surface area contributed by atoms with Gasteiger partial charge in [0, 0.05) is 48.7 Å². The number of aromatic nitrogens is 2.